The Hall–Kier alpha value is -2.41. The monoisotopic (exact) mass is 442 g/mol. The highest BCUT2D eigenvalue weighted by atomic mass is 32.2. The van der Waals surface area contributed by atoms with Crippen molar-refractivity contribution in [2.24, 2.45) is 11.3 Å². The van der Waals surface area contributed by atoms with Gasteiger partial charge in [-0.1, -0.05) is 40.0 Å². The number of sulfone groups is 1. The zero-order valence-electron chi connectivity index (χ0n) is 18.6. The van der Waals surface area contributed by atoms with Crippen molar-refractivity contribution in [1.29, 1.82) is 0 Å². The fourth-order valence-electron chi connectivity index (χ4n) is 4.49. The van der Waals surface area contributed by atoms with Crippen molar-refractivity contribution in [2.75, 3.05) is 0 Å². The Kier molecular flexibility index (Phi) is 5.81. The van der Waals surface area contributed by atoms with E-state index in [0.29, 0.717) is 5.92 Å². The molecule has 0 saturated heterocycles. The van der Waals surface area contributed by atoms with Gasteiger partial charge in [0.1, 0.15) is 5.82 Å². The van der Waals surface area contributed by atoms with Crippen LogP contribution in [0.1, 0.15) is 58.7 Å². The lowest BCUT2D eigenvalue weighted by atomic mass is 9.88. The van der Waals surface area contributed by atoms with E-state index in [9.17, 15) is 13.6 Å². The van der Waals surface area contributed by atoms with E-state index >= 15 is 0 Å². The van der Waals surface area contributed by atoms with Crippen molar-refractivity contribution in [3.8, 4) is 0 Å². The quantitative estimate of drug-likeness (QED) is 0.464. The number of pyridine rings is 1. The number of benzene rings is 1. The van der Waals surface area contributed by atoms with Crippen molar-refractivity contribution in [3.63, 3.8) is 0 Å². The van der Waals surface area contributed by atoms with Gasteiger partial charge in [0.25, 0.3) is 0 Å². The van der Waals surface area contributed by atoms with Crippen LogP contribution < -0.4 is 4.73 Å². The second kappa shape index (κ2) is 8.26. The molecule has 1 aromatic carbocycles. The molecule has 0 radical (unpaired) electrons. The van der Waals surface area contributed by atoms with E-state index in [1.807, 2.05) is 6.07 Å². The zero-order valence-corrected chi connectivity index (χ0v) is 19.4. The van der Waals surface area contributed by atoms with Gasteiger partial charge in [0.2, 0.25) is 22.2 Å². The van der Waals surface area contributed by atoms with Gasteiger partial charge in [-0.05, 0) is 42.4 Å². The van der Waals surface area contributed by atoms with E-state index in [0.717, 1.165) is 34.6 Å². The molecule has 166 valence electrons. The Bertz CT molecular complexity index is 1170. The van der Waals surface area contributed by atoms with E-state index in [1.165, 1.54) is 56.6 Å². The third-order valence-corrected chi connectivity index (χ3v) is 7.82. The van der Waals surface area contributed by atoms with Crippen LogP contribution in [-0.2, 0) is 22.8 Å². The SMILES string of the molecule is CC(C)(C)Cc1nc2cc(S(=O)(=O)c3cc[n+](O)cc3)ccc2n1CC1CCCCC1. The predicted octanol–water partition coefficient (Wildman–Crippen LogP) is 4.56. The van der Waals surface area contributed by atoms with Gasteiger partial charge in [-0.15, -0.1) is 0 Å². The van der Waals surface area contributed by atoms with E-state index in [1.54, 1.807) is 12.1 Å². The number of nitrogens with zero attached hydrogens (tertiary/aromatic N) is 3. The highest BCUT2D eigenvalue weighted by Crippen LogP contribution is 2.31. The molecule has 0 atom stereocenters. The maximum absolute atomic E-state index is 13.1. The summed E-state index contributed by atoms with van der Waals surface area (Å²) in [6.07, 6.45) is 9.87. The van der Waals surface area contributed by atoms with Crippen LogP contribution in [-0.4, -0.2) is 23.2 Å². The average Bonchev–Trinajstić information content (AvgIpc) is 3.03. The molecule has 31 heavy (non-hydrogen) atoms. The minimum Gasteiger partial charge on any atom is -0.328 e. The molecule has 1 aliphatic rings. The van der Waals surface area contributed by atoms with Crippen molar-refractivity contribution >= 4 is 20.9 Å². The summed E-state index contributed by atoms with van der Waals surface area (Å²) in [5.41, 5.74) is 1.82. The van der Waals surface area contributed by atoms with Crippen molar-refractivity contribution < 1.29 is 18.4 Å². The number of aromatic nitrogens is 3. The summed E-state index contributed by atoms with van der Waals surface area (Å²) in [5, 5.41) is 9.40. The second-order valence-electron chi connectivity index (χ2n) is 9.95. The normalized spacial score (nSPS) is 16.1. The number of rotatable bonds is 5. The highest BCUT2D eigenvalue weighted by Gasteiger charge is 2.24. The first-order valence-electron chi connectivity index (χ1n) is 11.1. The summed E-state index contributed by atoms with van der Waals surface area (Å²) in [7, 11) is -3.69. The molecule has 0 unspecified atom stereocenters. The molecule has 7 heteroatoms. The van der Waals surface area contributed by atoms with Crippen LogP contribution in [0.15, 0.2) is 52.5 Å². The Morgan fingerprint density at radius 2 is 1.74 bits per heavy atom. The van der Waals surface area contributed by atoms with Gasteiger partial charge < -0.3 is 4.57 Å². The minimum absolute atomic E-state index is 0.0876. The van der Waals surface area contributed by atoms with Gasteiger partial charge in [0.05, 0.1) is 20.8 Å². The fraction of sp³-hybridized carbons (Fsp3) is 0.500. The first-order valence-corrected chi connectivity index (χ1v) is 12.6. The van der Waals surface area contributed by atoms with Crippen molar-refractivity contribution in [2.45, 2.75) is 75.6 Å². The third-order valence-electron chi connectivity index (χ3n) is 6.06. The highest BCUT2D eigenvalue weighted by molar-refractivity contribution is 7.91. The summed E-state index contributed by atoms with van der Waals surface area (Å²) in [5.74, 6) is 1.69. The standard InChI is InChI=1S/C24H32N3O3S/c1-24(2,3)16-23-25-21-15-20(31(29,30)19-11-13-26(28)14-12-19)9-10-22(21)27(23)17-18-7-5-4-6-8-18/h9-15,18,28H,4-8,16-17H2,1-3H3/q+1. The molecule has 1 N–H and O–H groups in total. The molecule has 0 bridgehead atoms. The number of hydrogen-bond acceptors (Lipinski definition) is 4. The molecular weight excluding hydrogens is 410 g/mol. The Morgan fingerprint density at radius 1 is 1.06 bits per heavy atom. The van der Waals surface area contributed by atoms with Crippen LogP contribution in [0.3, 0.4) is 0 Å². The Morgan fingerprint density at radius 3 is 2.39 bits per heavy atom. The van der Waals surface area contributed by atoms with E-state index in [-0.39, 0.29) is 15.2 Å². The lowest BCUT2D eigenvalue weighted by Crippen LogP contribution is -2.28. The van der Waals surface area contributed by atoms with E-state index < -0.39 is 9.84 Å². The van der Waals surface area contributed by atoms with Gasteiger partial charge in [0, 0.05) is 29.8 Å². The van der Waals surface area contributed by atoms with Crippen molar-refractivity contribution in [3.05, 3.63) is 48.5 Å². The van der Waals surface area contributed by atoms with Crippen LogP contribution in [0.5, 0.6) is 0 Å². The number of hydrogen-bond donors (Lipinski definition) is 1. The van der Waals surface area contributed by atoms with E-state index in [2.05, 4.69) is 25.3 Å². The second-order valence-corrected chi connectivity index (χ2v) is 11.9. The number of imidazole rings is 1. The average molecular weight is 443 g/mol. The minimum atomic E-state index is -3.69. The maximum Gasteiger partial charge on any atom is 0.223 e. The first-order chi connectivity index (χ1) is 14.6. The summed E-state index contributed by atoms with van der Waals surface area (Å²) < 4.78 is 29.4. The molecule has 1 aliphatic carbocycles. The summed E-state index contributed by atoms with van der Waals surface area (Å²) >= 11 is 0. The van der Waals surface area contributed by atoms with Gasteiger partial charge in [-0.2, -0.15) is 0 Å². The molecule has 2 aromatic heterocycles. The lowest BCUT2D eigenvalue weighted by molar-refractivity contribution is -0.905. The molecule has 2 heterocycles. The molecule has 1 saturated carbocycles. The van der Waals surface area contributed by atoms with Crippen molar-refractivity contribution in [1.82, 2.24) is 9.55 Å². The lowest BCUT2D eigenvalue weighted by Gasteiger charge is -2.25. The van der Waals surface area contributed by atoms with Gasteiger partial charge in [-0.25, -0.2) is 13.4 Å². The smallest absolute Gasteiger partial charge is 0.223 e. The largest absolute Gasteiger partial charge is 0.328 e. The van der Waals surface area contributed by atoms with E-state index in [4.69, 9.17) is 4.98 Å². The summed E-state index contributed by atoms with van der Waals surface area (Å²) in [4.78, 5) is 5.27. The molecular formula is C24H32N3O3S+. The predicted molar refractivity (Wildman–Crippen MR) is 119 cm³/mol. The molecule has 1 fully saturated rings. The fourth-order valence-corrected chi connectivity index (χ4v) is 5.75. The molecule has 3 aromatic rings. The van der Waals surface area contributed by atoms with Crippen LogP contribution in [0.25, 0.3) is 11.0 Å². The summed E-state index contributed by atoms with van der Waals surface area (Å²) in [6, 6.07) is 8.06. The van der Waals surface area contributed by atoms with Crippen LogP contribution in [0, 0.1) is 11.3 Å². The topological polar surface area (TPSA) is 76.1 Å². The Balaban J connectivity index is 1.76. The first kappa shape index (κ1) is 21.8. The Labute approximate surface area is 184 Å². The van der Waals surface area contributed by atoms with Gasteiger partial charge >= 0.3 is 0 Å². The summed E-state index contributed by atoms with van der Waals surface area (Å²) in [6.45, 7) is 7.56. The van der Waals surface area contributed by atoms with Crippen LogP contribution >= 0.6 is 0 Å². The van der Waals surface area contributed by atoms with Gasteiger partial charge in [0.15, 0.2) is 0 Å². The molecule has 4 rings (SSSR count). The molecule has 6 nitrogen and oxygen atoms in total. The molecule has 0 amide bonds. The maximum atomic E-state index is 13.1. The zero-order chi connectivity index (χ0) is 22.2. The third kappa shape index (κ3) is 4.76. The van der Waals surface area contributed by atoms with Gasteiger partial charge in [-0.3, -0.25) is 5.21 Å². The van der Waals surface area contributed by atoms with Crippen LogP contribution in [0.2, 0.25) is 0 Å². The molecule has 0 spiro atoms. The molecule has 0 aliphatic heterocycles. The number of fused-ring (bicyclic) bond motifs is 1. The van der Waals surface area contributed by atoms with Crippen LogP contribution in [0.4, 0.5) is 0 Å².